The summed E-state index contributed by atoms with van der Waals surface area (Å²) in [6, 6.07) is 2.35. The van der Waals surface area contributed by atoms with Crippen LogP contribution >= 0.6 is 34.9 Å². The Bertz CT molecular complexity index is 2340. The zero-order valence-corrected chi connectivity index (χ0v) is 30.0. The number of aromatic nitrogens is 5. The van der Waals surface area contributed by atoms with Gasteiger partial charge in [-0.05, 0) is 30.7 Å². The van der Waals surface area contributed by atoms with Crippen molar-refractivity contribution >= 4 is 87.2 Å². The van der Waals surface area contributed by atoms with Gasteiger partial charge in [0, 0.05) is 35.1 Å². The summed E-state index contributed by atoms with van der Waals surface area (Å²) in [4.78, 5) is 92.6. The molecule has 1 aromatic carbocycles. The lowest BCUT2D eigenvalue weighted by molar-refractivity contribution is -0.150. The molecule has 1 fully saturated rings. The van der Waals surface area contributed by atoms with E-state index in [4.69, 9.17) is 15.3 Å². The quantitative estimate of drug-likeness (QED) is 0.0209. The zero-order chi connectivity index (χ0) is 39.0. The second-order valence-corrected chi connectivity index (χ2v) is 14.2. The molecule has 5 heterocycles. The Balaban J connectivity index is 1.19. The van der Waals surface area contributed by atoms with Crippen LogP contribution in [-0.4, -0.2) is 114 Å². The largest absolute Gasteiger partial charge is 0.504 e. The Morgan fingerprint density at radius 1 is 1.09 bits per heavy atom. The fourth-order valence-corrected chi connectivity index (χ4v) is 8.33. The number of aliphatic carboxylic acids is 1. The number of hydrogen-bond acceptors (Lipinski definition) is 18. The molecule has 0 bridgehead atoms. The number of carboxylic acid groups (broad SMARTS) is 3. The Morgan fingerprint density at radius 2 is 1.85 bits per heavy atom. The number of anilines is 1. The van der Waals surface area contributed by atoms with Crippen molar-refractivity contribution in [2.75, 3.05) is 17.2 Å². The molecule has 0 spiro atoms. The molecule has 2 aliphatic heterocycles. The molecule has 1 saturated heterocycles. The van der Waals surface area contributed by atoms with Gasteiger partial charge in [-0.15, -0.1) is 40.0 Å². The number of thiazole rings is 1. The van der Waals surface area contributed by atoms with E-state index in [-0.39, 0.29) is 39.4 Å². The first-order chi connectivity index (χ1) is 25.6. The summed E-state index contributed by atoms with van der Waals surface area (Å²) in [5.41, 5.74) is 5.40. The predicted molar refractivity (Wildman–Crippen MR) is 187 cm³/mol. The first-order valence-electron chi connectivity index (χ1n) is 15.1. The molecule has 4 aromatic rings. The molecule has 3 aromatic heterocycles. The number of benzene rings is 1. The number of phenolic OH excluding ortho intramolecular Hbond substituents is 1. The number of carbonyl (C=O) groups excluding carboxylic acids is 3. The van der Waals surface area contributed by atoms with Crippen molar-refractivity contribution < 1.29 is 58.8 Å². The number of oxime groups is 1. The van der Waals surface area contributed by atoms with Crippen LogP contribution in [0.15, 0.2) is 45.0 Å². The number of nitrogen functional groups attached to an aromatic ring is 1. The number of ether oxygens (including phenoxy) is 1. The lowest BCUT2D eigenvalue weighted by atomic mass is 10.0. The van der Waals surface area contributed by atoms with Crippen LogP contribution in [0.25, 0.3) is 5.78 Å². The average molecular weight is 800 g/mol. The standard InChI is InChI=1S/C30H25N9O12S3/c1-10-3-18(39-30(32-10)35-22(36-39)28(48)49)52-7-13-8-53-25-20(24(43)38(25)21(13)27(46)47)34-23(42)19(15-9-54-29(31)33-15)37-50-6-12-4-16(41)17(51-11(2)40)5-14(12)26(44)45/h3-5,9,20,25,41H,6-8H2,1-2H3,(H2,31,33)(H,34,42)(H,44,45)(H,46,47)(H,48,49)/t20-,25-/m1/s1. The summed E-state index contributed by atoms with van der Waals surface area (Å²) < 4.78 is 6.05. The maximum atomic E-state index is 13.6. The Kier molecular flexibility index (Phi) is 10.4. The minimum atomic E-state index is -1.44. The van der Waals surface area contributed by atoms with Crippen LogP contribution < -0.4 is 15.8 Å². The normalized spacial score (nSPS) is 16.8. The number of esters is 1. The number of nitrogens with two attached hydrogens (primary N) is 1. The van der Waals surface area contributed by atoms with Crippen LogP contribution in [-0.2, 0) is 30.6 Å². The number of carboxylic acids is 3. The van der Waals surface area contributed by atoms with E-state index in [9.17, 15) is 49.2 Å². The van der Waals surface area contributed by atoms with Gasteiger partial charge in [0.15, 0.2) is 22.3 Å². The fraction of sp³-hybridized carbons (Fsp3) is 0.233. The molecular weight excluding hydrogens is 775 g/mol. The lowest BCUT2D eigenvalue weighted by Crippen LogP contribution is -2.71. The number of phenols is 1. The van der Waals surface area contributed by atoms with Crippen molar-refractivity contribution in [3.05, 3.63) is 63.2 Å². The molecule has 0 radical (unpaired) electrons. The van der Waals surface area contributed by atoms with E-state index in [2.05, 4.69) is 30.5 Å². The first-order valence-corrected chi connectivity index (χ1v) is 18.0. The number of carbonyl (C=O) groups is 6. The third-order valence-corrected chi connectivity index (χ3v) is 10.6. The number of β-lactam (4-membered cyclic amide) rings is 1. The van der Waals surface area contributed by atoms with E-state index >= 15 is 0 Å². The minimum Gasteiger partial charge on any atom is -0.504 e. The van der Waals surface area contributed by atoms with E-state index in [1.807, 2.05) is 0 Å². The minimum absolute atomic E-state index is 0.0461. The highest BCUT2D eigenvalue weighted by atomic mass is 32.2. The summed E-state index contributed by atoms with van der Waals surface area (Å²) >= 11 is 3.31. The van der Waals surface area contributed by atoms with E-state index in [1.165, 1.54) is 21.7 Å². The van der Waals surface area contributed by atoms with Crippen LogP contribution in [0.4, 0.5) is 5.13 Å². The van der Waals surface area contributed by atoms with E-state index in [0.29, 0.717) is 16.3 Å². The van der Waals surface area contributed by atoms with Crippen molar-refractivity contribution in [2.24, 2.45) is 5.16 Å². The van der Waals surface area contributed by atoms with Crippen LogP contribution in [0.2, 0.25) is 0 Å². The van der Waals surface area contributed by atoms with Crippen molar-refractivity contribution in [2.45, 2.75) is 36.9 Å². The highest BCUT2D eigenvalue weighted by Gasteiger charge is 2.54. The molecule has 0 saturated carbocycles. The summed E-state index contributed by atoms with van der Waals surface area (Å²) in [6.45, 7) is 2.15. The molecule has 54 heavy (non-hydrogen) atoms. The molecule has 7 N–H and O–H groups in total. The van der Waals surface area contributed by atoms with Crippen LogP contribution in [0.3, 0.4) is 0 Å². The van der Waals surface area contributed by atoms with Gasteiger partial charge in [-0.3, -0.25) is 19.3 Å². The number of nitrogens with zero attached hydrogens (tertiary/aromatic N) is 7. The van der Waals surface area contributed by atoms with Gasteiger partial charge in [-0.1, -0.05) is 5.16 Å². The van der Waals surface area contributed by atoms with Gasteiger partial charge in [-0.25, -0.2) is 24.4 Å². The van der Waals surface area contributed by atoms with Crippen molar-refractivity contribution in [1.29, 1.82) is 0 Å². The van der Waals surface area contributed by atoms with Crippen LogP contribution in [0, 0.1) is 6.92 Å². The first kappa shape index (κ1) is 37.5. The van der Waals surface area contributed by atoms with Gasteiger partial charge in [-0.2, -0.15) is 9.50 Å². The third-order valence-electron chi connectivity index (χ3n) is 7.55. The highest BCUT2D eigenvalue weighted by Crippen LogP contribution is 2.42. The van der Waals surface area contributed by atoms with Gasteiger partial charge in [0.05, 0.1) is 5.56 Å². The molecule has 0 aliphatic carbocycles. The molecule has 280 valence electrons. The Morgan fingerprint density at radius 3 is 2.50 bits per heavy atom. The molecule has 2 amide bonds. The second-order valence-electron chi connectivity index (χ2n) is 11.3. The molecule has 6 rings (SSSR count). The molecule has 2 atom stereocenters. The van der Waals surface area contributed by atoms with Crippen molar-refractivity contribution in [3.63, 3.8) is 0 Å². The van der Waals surface area contributed by atoms with Crippen molar-refractivity contribution in [1.82, 2.24) is 34.8 Å². The molecule has 21 nitrogen and oxygen atoms in total. The number of aromatic carboxylic acids is 2. The number of fused-ring (bicyclic) bond motifs is 2. The number of thioether (sulfide) groups is 2. The van der Waals surface area contributed by atoms with Gasteiger partial charge < -0.3 is 41.1 Å². The number of rotatable bonds is 13. The summed E-state index contributed by atoms with van der Waals surface area (Å²) in [7, 11) is 0. The van der Waals surface area contributed by atoms with Gasteiger partial charge in [0.1, 0.15) is 34.4 Å². The zero-order valence-electron chi connectivity index (χ0n) is 27.6. The van der Waals surface area contributed by atoms with E-state index in [1.54, 1.807) is 13.0 Å². The monoisotopic (exact) mass is 799 g/mol. The average Bonchev–Trinajstić information content (AvgIpc) is 3.74. The molecular formula is C30H25N9O12S3. The van der Waals surface area contributed by atoms with Crippen LogP contribution in [0.1, 0.15) is 44.9 Å². The molecule has 2 aliphatic rings. The van der Waals surface area contributed by atoms with E-state index < -0.39 is 82.3 Å². The number of aryl methyl sites for hydroxylation is 1. The topological polar surface area (TPSA) is 311 Å². The second kappa shape index (κ2) is 15.0. The maximum absolute atomic E-state index is 13.6. The van der Waals surface area contributed by atoms with Gasteiger partial charge in [0.25, 0.3) is 23.4 Å². The SMILES string of the molecule is CC(=O)Oc1cc(C(=O)O)c(CON=C(C(=O)N[C@@H]2C(=O)N3C(C(=O)O)=C(CSc4cc(C)nc5nc(C(=O)O)nn45)CS[C@H]23)c2csc(N)n2)cc1O. The smallest absolute Gasteiger partial charge is 0.375 e. The lowest BCUT2D eigenvalue weighted by Gasteiger charge is -2.49. The summed E-state index contributed by atoms with van der Waals surface area (Å²) in [5, 5.41) is 50.8. The number of aromatic hydroxyl groups is 1. The maximum Gasteiger partial charge on any atom is 0.375 e. The Hall–Kier alpha value is -6.27. The summed E-state index contributed by atoms with van der Waals surface area (Å²) in [5.74, 6) is -7.78. The van der Waals surface area contributed by atoms with Gasteiger partial charge in [0.2, 0.25) is 0 Å². The molecule has 24 heteroatoms. The third kappa shape index (κ3) is 7.46. The number of amides is 2. The van der Waals surface area contributed by atoms with Crippen LogP contribution in [0.5, 0.6) is 11.5 Å². The summed E-state index contributed by atoms with van der Waals surface area (Å²) in [6.07, 6.45) is 0. The number of hydrogen-bond donors (Lipinski definition) is 6. The predicted octanol–water partition coefficient (Wildman–Crippen LogP) is 0.951. The Labute approximate surface area is 313 Å². The fourth-order valence-electron chi connectivity index (χ4n) is 5.25. The van der Waals surface area contributed by atoms with Gasteiger partial charge >= 0.3 is 23.9 Å². The van der Waals surface area contributed by atoms with Crippen molar-refractivity contribution in [3.8, 4) is 11.5 Å². The number of nitrogens with one attached hydrogen (secondary N) is 1. The highest BCUT2D eigenvalue weighted by molar-refractivity contribution is 8.01. The molecule has 0 unspecified atom stereocenters. The van der Waals surface area contributed by atoms with E-state index in [0.717, 1.165) is 47.1 Å².